The molecule has 0 bridgehead atoms. The summed E-state index contributed by atoms with van der Waals surface area (Å²) < 4.78 is 45.0. The predicted octanol–water partition coefficient (Wildman–Crippen LogP) is 2.61. The average molecular weight is 402 g/mol. The molecule has 2 aromatic carbocycles. The Hall–Kier alpha value is -1.77. The molecule has 0 aliphatic carbocycles. The van der Waals surface area contributed by atoms with E-state index in [-0.39, 0.29) is 17.1 Å². The average Bonchev–Trinajstić information content (AvgIpc) is 2.53. The number of esters is 1. The maximum Gasteiger partial charge on any atom is 0.321 e. The number of carbonyl (C=O) groups is 1. The van der Waals surface area contributed by atoms with E-state index in [0.29, 0.717) is 4.47 Å². The second kappa shape index (κ2) is 7.67. The highest BCUT2D eigenvalue weighted by atomic mass is 79.9. The molecule has 0 saturated carbocycles. The third kappa shape index (κ3) is 5.12. The van der Waals surface area contributed by atoms with Crippen molar-refractivity contribution < 1.29 is 22.3 Å². The number of sulfonamides is 1. The van der Waals surface area contributed by atoms with Crippen LogP contribution in [0.4, 0.5) is 4.39 Å². The van der Waals surface area contributed by atoms with Gasteiger partial charge in [-0.05, 0) is 24.3 Å². The normalized spacial score (nSPS) is 11.2. The Morgan fingerprint density at radius 2 is 1.87 bits per heavy atom. The molecule has 0 amide bonds. The largest absolute Gasteiger partial charge is 0.460 e. The van der Waals surface area contributed by atoms with Crippen LogP contribution in [0.5, 0.6) is 0 Å². The Kier molecular flexibility index (Phi) is 5.86. The second-order valence-electron chi connectivity index (χ2n) is 4.53. The summed E-state index contributed by atoms with van der Waals surface area (Å²) in [6, 6.07) is 12.0. The van der Waals surface area contributed by atoms with Gasteiger partial charge in [0, 0.05) is 10.0 Å². The minimum Gasteiger partial charge on any atom is -0.460 e. The predicted molar refractivity (Wildman–Crippen MR) is 85.5 cm³/mol. The van der Waals surface area contributed by atoms with Crippen molar-refractivity contribution in [1.82, 2.24) is 4.72 Å². The Balaban J connectivity index is 1.88. The fourth-order valence-corrected chi connectivity index (χ4v) is 3.01. The van der Waals surface area contributed by atoms with E-state index in [0.717, 1.165) is 0 Å². The zero-order valence-electron chi connectivity index (χ0n) is 11.8. The van der Waals surface area contributed by atoms with Crippen molar-refractivity contribution in [3.63, 3.8) is 0 Å². The molecule has 5 nitrogen and oxygen atoms in total. The maximum atomic E-state index is 13.6. The quantitative estimate of drug-likeness (QED) is 0.755. The molecule has 23 heavy (non-hydrogen) atoms. The molecule has 0 aliphatic rings. The van der Waals surface area contributed by atoms with E-state index >= 15 is 0 Å². The summed E-state index contributed by atoms with van der Waals surface area (Å²) in [5, 5.41) is 0. The van der Waals surface area contributed by atoms with Crippen LogP contribution in [0.15, 0.2) is 57.9 Å². The lowest BCUT2D eigenvalue weighted by Crippen LogP contribution is -2.30. The molecular formula is C15H13BrFNO4S. The number of rotatable bonds is 6. The molecular weight excluding hydrogens is 389 g/mol. The van der Waals surface area contributed by atoms with E-state index in [1.807, 2.05) is 0 Å². The van der Waals surface area contributed by atoms with Gasteiger partial charge in [0.05, 0.1) is 4.90 Å². The summed E-state index contributed by atoms with van der Waals surface area (Å²) in [6.45, 7) is -0.805. The SMILES string of the molecule is O=C(CNS(=O)(=O)c1ccccc1)OCc1ccc(Br)cc1F. The molecule has 8 heteroatoms. The highest BCUT2D eigenvalue weighted by Crippen LogP contribution is 2.16. The highest BCUT2D eigenvalue weighted by molar-refractivity contribution is 9.10. The van der Waals surface area contributed by atoms with Crippen LogP contribution in [0.3, 0.4) is 0 Å². The van der Waals surface area contributed by atoms with Crippen LogP contribution in [0.25, 0.3) is 0 Å². The van der Waals surface area contributed by atoms with Gasteiger partial charge in [0.15, 0.2) is 0 Å². The first-order valence-corrected chi connectivity index (χ1v) is 8.80. The third-order valence-corrected chi connectivity index (χ3v) is 4.77. The highest BCUT2D eigenvalue weighted by Gasteiger charge is 2.15. The summed E-state index contributed by atoms with van der Waals surface area (Å²) in [7, 11) is -3.78. The van der Waals surface area contributed by atoms with Gasteiger partial charge < -0.3 is 4.74 Å². The molecule has 0 atom stereocenters. The molecule has 122 valence electrons. The lowest BCUT2D eigenvalue weighted by molar-refractivity contribution is -0.143. The summed E-state index contributed by atoms with van der Waals surface area (Å²) in [5.74, 6) is -1.32. The standard InChI is InChI=1S/C15H13BrFNO4S/c16-12-7-6-11(14(17)8-12)10-22-15(19)9-18-23(20,21)13-4-2-1-3-5-13/h1-8,18H,9-10H2. The van der Waals surface area contributed by atoms with Gasteiger partial charge >= 0.3 is 5.97 Å². The van der Waals surface area contributed by atoms with Gasteiger partial charge in [0.2, 0.25) is 10.0 Å². The van der Waals surface area contributed by atoms with Crippen LogP contribution >= 0.6 is 15.9 Å². The van der Waals surface area contributed by atoms with Crippen molar-refractivity contribution in [2.45, 2.75) is 11.5 Å². The summed E-state index contributed by atoms with van der Waals surface area (Å²) in [4.78, 5) is 11.6. The monoisotopic (exact) mass is 401 g/mol. The number of carbonyl (C=O) groups excluding carboxylic acids is 1. The lowest BCUT2D eigenvalue weighted by atomic mass is 10.2. The number of hydrogen-bond donors (Lipinski definition) is 1. The van der Waals surface area contributed by atoms with E-state index in [9.17, 15) is 17.6 Å². The molecule has 0 spiro atoms. The second-order valence-corrected chi connectivity index (χ2v) is 7.22. The number of nitrogens with one attached hydrogen (secondary N) is 1. The molecule has 2 aromatic rings. The van der Waals surface area contributed by atoms with Crippen LogP contribution in [-0.4, -0.2) is 20.9 Å². The Bertz CT molecular complexity index is 796. The van der Waals surface area contributed by atoms with E-state index in [4.69, 9.17) is 4.74 Å². The molecule has 0 fully saturated rings. The van der Waals surface area contributed by atoms with E-state index < -0.39 is 28.4 Å². The zero-order valence-corrected chi connectivity index (χ0v) is 14.2. The molecule has 0 radical (unpaired) electrons. The summed E-state index contributed by atoms with van der Waals surface area (Å²) in [5.41, 5.74) is 0.201. The number of benzene rings is 2. The number of halogens is 2. The van der Waals surface area contributed by atoms with E-state index in [1.165, 1.54) is 24.3 Å². The Labute approximate surface area is 141 Å². The van der Waals surface area contributed by atoms with Gasteiger partial charge in [-0.3, -0.25) is 4.79 Å². The van der Waals surface area contributed by atoms with Gasteiger partial charge in [0.1, 0.15) is 19.0 Å². The van der Waals surface area contributed by atoms with Gasteiger partial charge in [-0.1, -0.05) is 40.2 Å². The van der Waals surface area contributed by atoms with Crippen molar-refractivity contribution in [3.05, 3.63) is 64.4 Å². The van der Waals surface area contributed by atoms with Crippen molar-refractivity contribution in [2.75, 3.05) is 6.54 Å². The maximum absolute atomic E-state index is 13.6. The first-order chi connectivity index (χ1) is 10.9. The molecule has 0 aliphatic heterocycles. The summed E-state index contributed by atoms with van der Waals surface area (Å²) >= 11 is 3.12. The van der Waals surface area contributed by atoms with E-state index in [1.54, 1.807) is 24.3 Å². The van der Waals surface area contributed by atoms with Gasteiger partial charge in [-0.2, -0.15) is 4.72 Å². The topological polar surface area (TPSA) is 72.5 Å². The van der Waals surface area contributed by atoms with Crippen LogP contribution < -0.4 is 4.72 Å². The Morgan fingerprint density at radius 3 is 2.52 bits per heavy atom. The van der Waals surface area contributed by atoms with Crippen molar-refractivity contribution in [2.24, 2.45) is 0 Å². The first kappa shape index (κ1) is 17.6. The third-order valence-electron chi connectivity index (χ3n) is 2.86. The molecule has 2 rings (SSSR count). The minimum atomic E-state index is -3.78. The molecule has 0 saturated heterocycles. The first-order valence-electron chi connectivity index (χ1n) is 6.53. The number of ether oxygens (including phenoxy) is 1. The zero-order chi connectivity index (χ0) is 16.9. The molecule has 1 N–H and O–H groups in total. The van der Waals surface area contributed by atoms with Crippen molar-refractivity contribution in [3.8, 4) is 0 Å². The van der Waals surface area contributed by atoms with Crippen LogP contribution in [0.1, 0.15) is 5.56 Å². The minimum absolute atomic E-state index is 0.0479. The lowest BCUT2D eigenvalue weighted by Gasteiger charge is -2.08. The molecule has 0 aromatic heterocycles. The van der Waals surface area contributed by atoms with E-state index in [2.05, 4.69) is 20.7 Å². The van der Waals surface area contributed by atoms with Crippen molar-refractivity contribution in [1.29, 1.82) is 0 Å². The van der Waals surface area contributed by atoms with Crippen LogP contribution in [0.2, 0.25) is 0 Å². The van der Waals surface area contributed by atoms with Crippen LogP contribution in [0, 0.1) is 5.82 Å². The molecule has 0 heterocycles. The van der Waals surface area contributed by atoms with Gasteiger partial charge in [-0.25, -0.2) is 12.8 Å². The Morgan fingerprint density at radius 1 is 1.17 bits per heavy atom. The smallest absolute Gasteiger partial charge is 0.321 e. The fraction of sp³-hybridized carbons (Fsp3) is 0.133. The van der Waals surface area contributed by atoms with Crippen LogP contribution in [-0.2, 0) is 26.2 Å². The fourth-order valence-electron chi connectivity index (χ4n) is 1.68. The summed E-state index contributed by atoms with van der Waals surface area (Å²) in [6.07, 6.45) is 0. The van der Waals surface area contributed by atoms with Crippen molar-refractivity contribution >= 4 is 31.9 Å². The molecule has 0 unspecified atom stereocenters. The number of hydrogen-bond acceptors (Lipinski definition) is 4. The van der Waals surface area contributed by atoms with Gasteiger partial charge in [-0.15, -0.1) is 0 Å². The van der Waals surface area contributed by atoms with Gasteiger partial charge in [0.25, 0.3) is 0 Å².